The number of nitrogens with one attached hydrogen (secondary N) is 1. The average molecular weight is 470 g/mol. The van der Waals surface area contributed by atoms with Crippen molar-refractivity contribution in [2.75, 3.05) is 13.2 Å². The molecular formula is C26H32ClN3O3. The molecule has 0 aliphatic rings. The smallest absolute Gasteiger partial charge is 0.341 e. The number of halogens is 1. The molecule has 7 heteroatoms. The van der Waals surface area contributed by atoms with Crippen molar-refractivity contribution in [1.82, 2.24) is 9.97 Å². The average Bonchev–Trinajstić information content (AvgIpc) is 3.28. The van der Waals surface area contributed by atoms with E-state index in [0.717, 1.165) is 48.3 Å². The molecule has 3 aromatic rings. The lowest BCUT2D eigenvalue weighted by Crippen LogP contribution is -2.16. The molecule has 6 nitrogen and oxygen atoms in total. The first-order chi connectivity index (χ1) is 16.0. The quantitative estimate of drug-likeness (QED) is 0.247. The maximum atomic E-state index is 12.7. The largest absolute Gasteiger partial charge is 0.493 e. The topological polar surface area (TPSA) is 90.2 Å². The van der Waals surface area contributed by atoms with E-state index in [4.69, 9.17) is 26.8 Å². The van der Waals surface area contributed by atoms with Gasteiger partial charge in [-0.05, 0) is 42.7 Å². The summed E-state index contributed by atoms with van der Waals surface area (Å²) in [6.45, 7) is 5.09. The summed E-state index contributed by atoms with van der Waals surface area (Å²) in [5.41, 5.74) is 9.52. The number of nitrogens with zero attached hydrogens (tertiary/aromatic N) is 1. The van der Waals surface area contributed by atoms with Gasteiger partial charge in [-0.3, -0.25) is 0 Å². The molecule has 3 N–H and O–H groups in total. The van der Waals surface area contributed by atoms with Crippen LogP contribution in [0.3, 0.4) is 0 Å². The Bertz CT molecular complexity index is 1030. The number of carbonyl (C=O) groups is 1. The summed E-state index contributed by atoms with van der Waals surface area (Å²) < 4.78 is 11.3. The second-order valence-corrected chi connectivity index (χ2v) is 8.43. The summed E-state index contributed by atoms with van der Waals surface area (Å²) in [4.78, 5) is 20.6. The molecule has 0 aliphatic heterocycles. The van der Waals surface area contributed by atoms with Gasteiger partial charge in [0.05, 0.1) is 18.9 Å². The molecular weight excluding hydrogens is 438 g/mol. The molecule has 0 saturated heterocycles. The van der Waals surface area contributed by atoms with Crippen molar-refractivity contribution in [2.24, 2.45) is 5.73 Å². The molecule has 0 radical (unpaired) electrons. The van der Waals surface area contributed by atoms with Crippen molar-refractivity contribution in [1.29, 1.82) is 0 Å². The van der Waals surface area contributed by atoms with E-state index in [1.54, 1.807) is 6.07 Å². The van der Waals surface area contributed by atoms with Gasteiger partial charge in [-0.25, -0.2) is 9.78 Å². The molecule has 1 atom stereocenters. The predicted molar refractivity (Wildman–Crippen MR) is 132 cm³/mol. The van der Waals surface area contributed by atoms with Crippen LogP contribution in [-0.2, 0) is 11.2 Å². The molecule has 0 saturated carbocycles. The highest BCUT2D eigenvalue weighted by Crippen LogP contribution is 2.26. The van der Waals surface area contributed by atoms with Gasteiger partial charge in [0.2, 0.25) is 0 Å². The van der Waals surface area contributed by atoms with Gasteiger partial charge in [-0.2, -0.15) is 0 Å². The first kappa shape index (κ1) is 24.8. The maximum Gasteiger partial charge on any atom is 0.341 e. The number of nitrogens with two attached hydrogens (primary N) is 1. The van der Waals surface area contributed by atoms with Crippen molar-refractivity contribution in [3.05, 3.63) is 70.6 Å². The number of carbonyl (C=O) groups excluding carboxylic acids is 1. The number of aromatic nitrogens is 2. The van der Waals surface area contributed by atoms with Crippen LogP contribution in [0.25, 0.3) is 11.3 Å². The van der Waals surface area contributed by atoms with Gasteiger partial charge in [0.1, 0.15) is 17.1 Å². The van der Waals surface area contributed by atoms with E-state index >= 15 is 0 Å². The molecule has 1 heterocycles. The molecule has 33 heavy (non-hydrogen) atoms. The second-order valence-electron chi connectivity index (χ2n) is 8.00. The first-order valence-corrected chi connectivity index (χ1v) is 11.9. The Balaban J connectivity index is 1.74. The Morgan fingerprint density at radius 2 is 1.82 bits per heavy atom. The first-order valence-electron chi connectivity index (χ1n) is 11.5. The molecule has 176 valence electrons. The van der Waals surface area contributed by atoms with Crippen LogP contribution in [0.2, 0.25) is 5.02 Å². The van der Waals surface area contributed by atoms with E-state index in [2.05, 4.69) is 23.8 Å². The summed E-state index contributed by atoms with van der Waals surface area (Å²) in [5.74, 6) is 0.915. The van der Waals surface area contributed by atoms with Crippen molar-refractivity contribution >= 4 is 17.6 Å². The molecule has 2 aromatic carbocycles. The number of hydrogen-bond acceptors (Lipinski definition) is 5. The third kappa shape index (κ3) is 7.07. The van der Waals surface area contributed by atoms with Crippen LogP contribution in [0.15, 0.2) is 48.7 Å². The van der Waals surface area contributed by atoms with Gasteiger partial charge in [0.15, 0.2) is 0 Å². The van der Waals surface area contributed by atoms with Crippen molar-refractivity contribution < 1.29 is 14.3 Å². The molecule has 0 aliphatic carbocycles. The zero-order valence-electron chi connectivity index (χ0n) is 19.3. The number of imidazole rings is 1. The minimum absolute atomic E-state index is 0.346. The summed E-state index contributed by atoms with van der Waals surface area (Å²) >= 11 is 5.97. The van der Waals surface area contributed by atoms with Crippen molar-refractivity contribution in [3.8, 4) is 17.0 Å². The third-order valence-electron chi connectivity index (χ3n) is 5.32. The molecule has 0 amide bonds. The van der Waals surface area contributed by atoms with E-state index in [0.29, 0.717) is 36.0 Å². The number of unbranched alkanes of at least 4 members (excludes halogenated alkanes) is 2. The Kier molecular flexibility index (Phi) is 9.34. The summed E-state index contributed by atoms with van der Waals surface area (Å²) in [6.07, 6.45) is 6.06. The number of aromatic amines is 1. The van der Waals surface area contributed by atoms with Crippen LogP contribution in [0.1, 0.15) is 67.3 Å². The van der Waals surface area contributed by atoms with Crippen LogP contribution < -0.4 is 10.5 Å². The zero-order valence-corrected chi connectivity index (χ0v) is 20.0. The summed E-state index contributed by atoms with van der Waals surface area (Å²) in [6, 6.07) is 12.7. The zero-order chi connectivity index (χ0) is 23.6. The Hall–Kier alpha value is -2.83. The van der Waals surface area contributed by atoms with Crippen LogP contribution in [-0.4, -0.2) is 29.2 Å². The fraction of sp³-hybridized carbons (Fsp3) is 0.385. The third-order valence-corrected chi connectivity index (χ3v) is 5.57. The van der Waals surface area contributed by atoms with E-state index < -0.39 is 0 Å². The fourth-order valence-electron chi connectivity index (χ4n) is 3.34. The van der Waals surface area contributed by atoms with Crippen LogP contribution in [0.5, 0.6) is 5.75 Å². The van der Waals surface area contributed by atoms with Crippen molar-refractivity contribution in [3.63, 3.8) is 0 Å². The lowest BCUT2D eigenvalue weighted by molar-refractivity contribution is 0.0495. The van der Waals surface area contributed by atoms with Gasteiger partial charge in [-0.1, -0.05) is 56.5 Å². The highest BCUT2D eigenvalue weighted by Gasteiger charge is 2.18. The maximum absolute atomic E-state index is 12.7. The highest BCUT2D eigenvalue weighted by atomic mass is 35.5. The normalized spacial score (nSPS) is 11.9. The molecule has 0 fully saturated rings. The number of ether oxygens (including phenoxy) is 2. The van der Waals surface area contributed by atoms with Gasteiger partial charge in [-0.15, -0.1) is 0 Å². The van der Waals surface area contributed by atoms with Crippen LogP contribution in [0.4, 0.5) is 0 Å². The molecule has 0 bridgehead atoms. The number of benzene rings is 2. The predicted octanol–water partition coefficient (Wildman–Crippen LogP) is 6.11. The van der Waals surface area contributed by atoms with Gasteiger partial charge in [0, 0.05) is 29.2 Å². The molecule has 1 aromatic heterocycles. The fourth-order valence-corrected chi connectivity index (χ4v) is 3.46. The Morgan fingerprint density at radius 1 is 1.09 bits per heavy atom. The number of rotatable bonds is 12. The molecule has 3 rings (SSSR count). The number of esters is 1. The van der Waals surface area contributed by atoms with Gasteiger partial charge < -0.3 is 20.2 Å². The Labute approximate surface area is 200 Å². The van der Waals surface area contributed by atoms with E-state index in [-0.39, 0.29) is 12.0 Å². The summed E-state index contributed by atoms with van der Waals surface area (Å²) in [7, 11) is 0. The lowest BCUT2D eigenvalue weighted by atomic mass is 10.0. The minimum atomic E-state index is -0.382. The van der Waals surface area contributed by atoms with Gasteiger partial charge >= 0.3 is 5.97 Å². The lowest BCUT2D eigenvalue weighted by Gasteiger charge is -2.16. The van der Waals surface area contributed by atoms with E-state index in [9.17, 15) is 4.79 Å². The van der Waals surface area contributed by atoms with Crippen molar-refractivity contribution in [2.45, 2.75) is 52.0 Å². The Morgan fingerprint density at radius 3 is 2.55 bits per heavy atom. The standard InChI is InChI=1S/C26H32ClN3O3/c1-3-5-13-32-24-12-9-19(15-21(24)26(31)33-14-6-4-2)22(28)16-25-29-17-23(30-25)18-7-10-20(27)11-8-18/h7-12,15,17,22H,3-6,13-14,16,28H2,1-2H3,(H,29,30). The molecule has 1 unspecified atom stereocenters. The van der Waals surface area contributed by atoms with E-state index in [1.165, 1.54) is 0 Å². The number of H-pyrrole nitrogens is 1. The second kappa shape index (κ2) is 12.4. The monoisotopic (exact) mass is 469 g/mol. The molecule has 0 spiro atoms. The van der Waals surface area contributed by atoms with Crippen LogP contribution in [0, 0.1) is 0 Å². The summed E-state index contributed by atoms with van der Waals surface area (Å²) in [5, 5.41) is 0.683. The minimum Gasteiger partial charge on any atom is -0.493 e. The SMILES string of the molecule is CCCCOC(=O)c1cc(C(N)Cc2nc(-c3ccc(Cl)cc3)c[nH]2)ccc1OCCCC. The highest BCUT2D eigenvalue weighted by molar-refractivity contribution is 6.30. The van der Waals surface area contributed by atoms with E-state index in [1.807, 2.05) is 42.6 Å². The number of hydrogen-bond donors (Lipinski definition) is 2. The van der Waals surface area contributed by atoms with Crippen LogP contribution >= 0.6 is 11.6 Å². The van der Waals surface area contributed by atoms with Gasteiger partial charge in [0.25, 0.3) is 0 Å².